The van der Waals surface area contributed by atoms with E-state index in [2.05, 4.69) is 60.1 Å². The van der Waals surface area contributed by atoms with Crippen molar-refractivity contribution < 1.29 is 37.3 Å². The summed E-state index contributed by atoms with van der Waals surface area (Å²) >= 11 is 0. The summed E-state index contributed by atoms with van der Waals surface area (Å²) in [4.78, 5) is 14.6. The first-order valence-corrected chi connectivity index (χ1v) is 17.5. The second kappa shape index (κ2) is 10.9. The van der Waals surface area contributed by atoms with E-state index in [1.54, 1.807) is 12.1 Å². The van der Waals surface area contributed by atoms with E-state index in [4.69, 9.17) is 9.47 Å². The third-order valence-corrected chi connectivity index (χ3v) is 14.3. The molecule has 4 aliphatic carbocycles. The zero-order valence-electron chi connectivity index (χ0n) is 29.1. The van der Waals surface area contributed by atoms with Crippen LogP contribution in [0.3, 0.4) is 0 Å². The van der Waals surface area contributed by atoms with Crippen molar-refractivity contribution in [2.45, 2.75) is 150 Å². The van der Waals surface area contributed by atoms with Gasteiger partial charge in [0, 0.05) is 17.8 Å². The normalized spacial score (nSPS) is 45.0. The Morgan fingerprint density at radius 3 is 2.22 bits per heavy atom. The van der Waals surface area contributed by atoms with Gasteiger partial charge in [-0.2, -0.15) is 0 Å². The molecule has 0 bridgehead atoms. The van der Waals surface area contributed by atoms with E-state index in [0.717, 1.165) is 50.5 Å². The van der Waals surface area contributed by atoms with Crippen LogP contribution in [0.4, 0.5) is 13.2 Å². The molecule has 5 aliphatic rings. The highest BCUT2D eigenvalue weighted by molar-refractivity contribution is 5.85. The van der Waals surface area contributed by atoms with Crippen LogP contribution in [-0.4, -0.2) is 40.7 Å². The summed E-state index contributed by atoms with van der Waals surface area (Å²) < 4.78 is 55.1. The molecule has 46 heavy (non-hydrogen) atoms. The number of hydrogen-bond acceptors (Lipinski definition) is 5. The van der Waals surface area contributed by atoms with E-state index in [1.165, 1.54) is 12.1 Å². The average Bonchev–Trinajstić information content (AvgIpc) is 3.29. The first-order chi connectivity index (χ1) is 21.2. The van der Waals surface area contributed by atoms with Gasteiger partial charge < -0.3 is 19.3 Å². The molecule has 1 aromatic rings. The highest BCUT2D eigenvalue weighted by atomic mass is 19.4. The third-order valence-electron chi connectivity index (χ3n) is 14.3. The monoisotopic (exact) mass is 648 g/mol. The number of ketones is 1. The Morgan fingerprint density at radius 2 is 1.59 bits per heavy atom. The second-order valence-corrected chi connectivity index (χ2v) is 17.8. The lowest BCUT2D eigenvalue weighted by atomic mass is 9.34. The van der Waals surface area contributed by atoms with Crippen LogP contribution in [-0.2, 0) is 20.9 Å². The van der Waals surface area contributed by atoms with Crippen LogP contribution in [0.2, 0.25) is 0 Å². The molecule has 1 aliphatic heterocycles. The molecule has 4 saturated carbocycles. The molecule has 0 aromatic heterocycles. The van der Waals surface area contributed by atoms with E-state index in [9.17, 15) is 23.1 Å². The first-order valence-electron chi connectivity index (χ1n) is 17.5. The molecule has 6 rings (SSSR count). The van der Waals surface area contributed by atoms with Crippen LogP contribution in [0.5, 0.6) is 5.75 Å². The molecular formula is C38H55F3O5. The summed E-state index contributed by atoms with van der Waals surface area (Å²) in [6, 6.07) is 5.79. The maximum absolute atomic E-state index is 14.6. The maximum Gasteiger partial charge on any atom is 0.573 e. The molecule has 258 valence electrons. The molecule has 0 amide bonds. The Bertz CT molecular complexity index is 1320. The van der Waals surface area contributed by atoms with E-state index in [-0.39, 0.29) is 69.6 Å². The van der Waals surface area contributed by atoms with Crippen molar-refractivity contribution in [1.82, 2.24) is 0 Å². The zero-order valence-corrected chi connectivity index (χ0v) is 29.1. The van der Waals surface area contributed by atoms with Crippen molar-refractivity contribution in [3.05, 3.63) is 29.8 Å². The van der Waals surface area contributed by atoms with Crippen molar-refractivity contribution in [2.24, 2.45) is 45.3 Å². The van der Waals surface area contributed by atoms with Crippen molar-refractivity contribution in [3.8, 4) is 5.75 Å². The van der Waals surface area contributed by atoms with Gasteiger partial charge in [0.25, 0.3) is 0 Å². The predicted octanol–water partition coefficient (Wildman–Crippen LogP) is 9.04. The molecule has 5 nitrogen and oxygen atoms in total. The highest BCUT2D eigenvalue weighted by Gasteiger charge is 2.73. The van der Waals surface area contributed by atoms with Gasteiger partial charge in [-0.25, -0.2) is 0 Å². The SMILES string of the molecule is CC1(C)CCC[C@](C)([C@H]2CC[C@]3(C)[C@@H]2[C@H](O)C[C@@H]2[C@@]4(C)CC[C@H](OCc5ccc(OC(F)(F)F)cc5)C(C)(C)[C@@H]4C(=O)C[C@]23C)O1. The molecule has 5 fully saturated rings. The Morgan fingerprint density at radius 1 is 0.913 bits per heavy atom. The topological polar surface area (TPSA) is 65.0 Å². The Balaban J connectivity index is 1.23. The number of hydrogen-bond donors (Lipinski definition) is 1. The minimum absolute atomic E-state index is 0.0983. The van der Waals surface area contributed by atoms with Crippen LogP contribution in [0.1, 0.15) is 119 Å². The molecule has 10 atom stereocenters. The predicted molar refractivity (Wildman–Crippen MR) is 170 cm³/mol. The number of carbonyl (C=O) groups is 1. The summed E-state index contributed by atoms with van der Waals surface area (Å²) in [5.41, 5.74) is -0.801. The number of ether oxygens (including phenoxy) is 3. The lowest BCUT2D eigenvalue weighted by Crippen LogP contribution is -2.69. The number of fused-ring (bicyclic) bond motifs is 5. The molecule has 0 spiro atoms. The standard InChI is InChI=1S/C38H55F3O5/c1-32(2)16-9-17-37(8,46-32)25-14-19-35(6)30(25)26(42)20-28-34(5)18-15-29(33(3,4)31(34)27(43)21-36(28,35)7)44-22-23-10-12-24(13-11-23)45-38(39,40)41/h10-13,25-26,28-31,42H,9,14-22H2,1-8H3/t25-,26+,28+,29-,30-,31-,34+,35+,36+,37+/m0/s1. The maximum atomic E-state index is 14.6. The van der Waals surface area contributed by atoms with Gasteiger partial charge in [0.15, 0.2) is 0 Å². The smallest absolute Gasteiger partial charge is 0.406 e. The number of carbonyl (C=O) groups excluding carboxylic acids is 1. The number of benzene rings is 1. The van der Waals surface area contributed by atoms with Crippen molar-refractivity contribution in [1.29, 1.82) is 0 Å². The second-order valence-electron chi connectivity index (χ2n) is 17.8. The lowest BCUT2D eigenvalue weighted by Gasteiger charge is -2.70. The summed E-state index contributed by atoms with van der Waals surface area (Å²) in [6.45, 7) is 18.3. The minimum atomic E-state index is -4.73. The molecule has 1 saturated heterocycles. The summed E-state index contributed by atoms with van der Waals surface area (Å²) in [5, 5.41) is 12.2. The quantitative estimate of drug-likeness (QED) is 0.345. The van der Waals surface area contributed by atoms with Crippen molar-refractivity contribution in [3.63, 3.8) is 0 Å². The fourth-order valence-electron chi connectivity index (χ4n) is 12.4. The van der Waals surface area contributed by atoms with Crippen molar-refractivity contribution >= 4 is 5.78 Å². The van der Waals surface area contributed by atoms with Crippen LogP contribution >= 0.6 is 0 Å². The molecule has 0 unspecified atom stereocenters. The summed E-state index contributed by atoms with van der Waals surface area (Å²) in [5.74, 6) is 0.416. The fourth-order valence-corrected chi connectivity index (χ4v) is 12.4. The minimum Gasteiger partial charge on any atom is -0.406 e. The van der Waals surface area contributed by atoms with Gasteiger partial charge in [0.1, 0.15) is 11.5 Å². The van der Waals surface area contributed by atoms with Crippen LogP contribution < -0.4 is 4.74 Å². The highest BCUT2D eigenvalue weighted by Crippen LogP contribution is 2.75. The van der Waals surface area contributed by atoms with E-state index >= 15 is 0 Å². The Labute approximate surface area is 273 Å². The number of aliphatic hydroxyl groups is 1. The van der Waals surface area contributed by atoms with E-state index in [0.29, 0.717) is 18.6 Å². The van der Waals surface area contributed by atoms with Gasteiger partial charge in [-0.15, -0.1) is 13.2 Å². The van der Waals surface area contributed by atoms with Gasteiger partial charge >= 0.3 is 6.36 Å². The summed E-state index contributed by atoms with van der Waals surface area (Å²) in [6.07, 6.45) is 2.73. The molecule has 0 radical (unpaired) electrons. The average molecular weight is 649 g/mol. The number of halogens is 3. The van der Waals surface area contributed by atoms with Crippen LogP contribution in [0.25, 0.3) is 0 Å². The summed E-state index contributed by atoms with van der Waals surface area (Å²) in [7, 11) is 0. The molecule has 1 aromatic carbocycles. The lowest BCUT2D eigenvalue weighted by molar-refractivity contribution is -0.274. The van der Waals surface area contributed by atoms with Gasteiger partial charge in [0.2, 0.25) is 0 Å². The van der Waals surface area contributed by atoms with Crippen LogP contribution in [0.15, 0.2) is 24.3 Å². The number of aliphatic hydroxyl groups excluding tert-OH is 1. The van der Waals surface area contributed by atoms with E-state index in [1.807, 2.05) is 0 Å². The first kappa shape index (κ1) is 34.2. The molecule has 1 N–H and O–H groups in total. The Hall–Kier alpha value is -1.64. The van der Waals surface area contributed by atoms with Crippen LogP contribution in [0, 0.1) is 45.3 Å². The molecule has 1 heterocycles. The molecule has 8 heteroatoms. The fraction of sp³-hybridized carbons (Fsp3) is 0.816. The van der Waals surface area contributed by atoms with Gasteiger partial charge in [0.05, 0.1) is 30.0 Å². The Kier molecular flexibility index (Phi) is 8.14. The number of Topliss-reactive ketones (excluding diaryl/α,β-unsaturated/α-hetero) is 1. The molecular weight excluding hydrogens is 593 g/mol. The number of rotatable bonds is 5. The largest absolute Gasteiger partial charge is 0.573 e. The van der Waals surface area contributed by atoms with Gasteiger partial charge in [-0.1, -0.05) is 46.8 Å². The van der Waals surface area contributed by atoms with Crippen molar-refractivity contribution in [2.75, 3.05) is 0 Å². The zero-order chi connectivity index (χ0) is 33.7. The number of alkyl halides is 3. The van der Waals surface area contributed by atoms with Gasteiger partial charge in [-0.3, -0.25) is 4.79 Å². The van der Waals surface area contributed by atoms with E-state index < -0.39 is 17.9 Å². The van der Waals surface area contributed by atoms with Gasteiger partial charge in [-0.05, 0) is 124 Å². The third kappa shape index (κ3) is 5.35.